The first-order chi connectivity index (χ1) is 7.29. The maximum atomic E-state index is 5.78. The molecule has 2 rings (SSSR count). The van der Waals surface area contributed by atoms with Crippen molar-refractivity contribution in [2.45, 2.75) is 24.6 Å². The minimum Gasteiger partial charge on any atom is -0.493 e. The molecule has 1 aromatic carbocycles. The van der Waals surface area contributed by atoms with Crippen molar-refractivity contribution in [3.8, 4) is 5.75 Å². The fourth-order valence-electron chi connectivity index (χ4n) is 1.54. The highest BCUT2D eigenvalue weighted by Gasteiger charge is 2.20. The molecule has 0 aromatic heterocycles. The van der Waals surface area contributed by atoms with Gasteiger partial charge in [-0.25, -0.2) is 0 Å². The van der Waals surface area contributed by atoms with Gasteiger partial charge in [0.2, 0.25) is 0 Å². The lowest BCUT2D eigenvalue weighted by molar-refractivity contribution is 0.300. The molecule has 0 amide bonds. The Bertz CT molecular complexity index is 334. The molecule has 0 radical (unpaired) electrons. The molecule has 15 heavy (non-hydrogen) atoms. The summed E-state index contributed by atoms with van der Waals surface area (Å²) >= 11 is 6.94. The van der Waals surface area contributed by atoms with E-state index in [1.165, 1.54) is 24.8 Å². The van der Waals surface area contributed by atoms with Crippen molar-refractivity contribution >= 4 is 31.9 Å². The third kappa shape index (κ3) is 3.49. The zero-order valence-corrected chi connectivity index (χ0v) is 11.7. The number of halogens is 2. The van der Waals surface area contributed by atoms with E-state index < -0.39 is 0 Å². The number of rotatable bonds is 5. The fraction of sp³-hybridized carbons (Fsp3) is 0.500. The van der Waals surface area contributed by atoms with Crippen LogP contribution in [0.2, 0.25) is 0 Å². The van der Waals surface area contributed by atoms with Crippen LogP contribution in [0, 0.1) is 5.92 Å². The lowest BCUT2D eigenvalue weighted by Gasteiger charge is -2.10. The first-order valence-corrected chi connectivity index (χ1v) is 7.18. The van der Waals surface area contributed by atoms with Gasteiger partial charge in [-0.3, -0.25) is 0 Å². The lowest BCUT2D eigenvalue weighted by Crippen LogP contribution is -2.00. The highest BCUT2D eigenvalue weighted by atomic mass is 79.9. The van der Waals surface area contributed by atoms with Gasteiger partial charge in [-0.15, -0.1) is 0 Å². The Morgan fingerprint density at radius 3 is 2.80 bits per heavy atom. The van der Waals surface area contributed by atoms with Crippen LogP contribution < -0.4 is 4.74 Å². The van der Waals surface area contributed by atoms with Crippen molar-refractivity contribution in [1.82, 2.24) is 0 Å². The third-order valence-corrected chi connectivity index (χ3v) is 3.74. The van der Waals surface area contributed by atoms with E-state index in [1.807, 2.05) is 12.1 Å². The quantitative estimate of drug-likeness (QED) is 0.720. The van der Waals surface area contributed by atoms with Crippen molar-refractivity contribution < 1.29 is 4.74 Å². The van der Waals surface area contributed by atoms with E-state index in [9.17, 15) is 0 Å². The predicted molar refractivity (Wildman–Crippen MR) is 69.6 cm³/mol. The van der Waals surface area contributed by atoms with Crippen molar-refractivity contribution in [3.05, 3.63) is 28.2 Å². The minimum atomic E-state index is 0.838. The molecule has 1 aromatic rings. The number of hydrogen-bond donors (Lipinski definition) is 0. The summed E-state index contributed by atoms with van der Waals surface area (Å²) in [6, 6.07) is 6.16. The van der Waals surface area contributed by atoms with Gasteiger partial charge in [0, 0.05) is 15.4 Å². The van der Waals surface area contributed by atoms with E-state index in [-0.39, 0.29) is 0 Å². The van der Waals surface area contributed by atoms with E-state index in [0.29, 0.717) is 0 Å². The van der Waals surface area contributed by atoms with Gasteiger partial charge in [0.1, 0.15) is 5.75 Å². The zero-order chi connectivity index (χ0) is 10.7. The standard InChI is InChI=1S/C12H14Br2O/c13-8-10-7-11(14)3-4-12(10)15-6-5-9-1-2-9/h3-4,7,9H,1-2,5-6,8H2. The van der Waals surface area contributed by atoms with Gasteiger partial charge in [-0.1, -0.05) is 44.7 Å². The summed E-state index contributed by atoms with van der Waals surface area (Å²) in [5.74, 6) is 1.95. The molecule has 0 atom stereocenters. The maximum absolute atomic E-state index is 5.78. The summed E-state index contributed by atoms with van der Waals surface area (Å²) in [4.78, 5) is 0. The summed E-state index contributed by atoms with van der Waals surface area (Å²) in [6.07, 6.45) is 4.00. The monoisotopic (exact) mass is 332 g/mol. The van der Waals surface area contributed by atoms with Crippen LogP contribution >= 0.6 is 31.9 Å². The lowest BCUT2D eigenvalue weighted by atomic mass is 10.2. The average Bonchev–Trinajstić information content (AvgIpc) is 3.04. The molecule has 1 fully saturated rings. The summed E-state index contributed by atoms with van der Waals surface area (Å²) < 4.78 is 6.89. The van der Waals surface area contributed by atoms with Crippen molar-refractivity contribution in [3.63, 3.8) is 0 Å². The molecule has 1 aliphatic rings. The molecule has 3 heteroatoms. The molecule has 0 saturated heterocycles. The Kier molecular flexibility index (Phi) is 4.09. The van der Waals surface area contributed by atoms with Crippen LogP contribution in [0.15, 0.2) is 22.7 Å². The Morgan fingerprint density at radius 2 is 2.13 bits per heavy atom. The van der Waals surface area contributed by atoms with Crippen molar-refractivity contribution in [2.75, 3.05) is 6.61 Å². The normalized spacial score (nSPS) is 15.3. The second-order valence-electron chi connectivity index (χ2n) is 3.97. The van der Waals surface area contributed by atoms with Gasteiger partial charge < -0.3 is 4.74 Å². The van der Waals surface area contributed by atoms with Crippen LogP contribution in [-0.2, 0) is 5.33 Å². The van der Waals surface area contributed by atoms with Gasteiger partial charge in [0.25, 0.3) is 0 Å². The van der Waals surface area contributed by atoms with Gasteiger partial charge in [0.05, 0.1) is 6.61 Å². The van der Waals surface area contributed by atoms with Crippen LogP contribution in [0.4, 0.5) is 0 Å². The molecule has 0 spiro atoms. The second-order valence-corrected chi connectivity index (χ2v) is 5.44. The molecule has 1 nitrogen and oxygen atoms in total. The minimum absolute atomic E-state index is 0.838. The van der Waals surface area contributed by atoms with Crippen LogP contribution in [0.1, 0.15) is 24.8 Å². The summed E-state index contributed by atoms with van der Waals surface area (Å²) in [5.41, 5.74) is 1.21. The number of ether oxygens (including phenoxy) is 1. The molecular weight excluding hydrogens is 320 g/mol. The Morgan fingerprint density at radius 1 is 1.33 bits per heavy atom. The van der Waals surface area contributed by atoms with E-state index in [2.05, 4.69) is 37.9 Å². The number of benzene rings is 1. The zero-order valence-electron chi connectivity index (χ0n) is 8.51. The first-order valence-electron chi connectivity index (χ1n) is 5.27. The Labute approximate surface area is 107 Å². The number of hydrogen-bond acceptors (Lipinski definition) is 1. The highest BCUT2D eigenvalue weighted by molar-refractivity contribution is 9.10. The smallest absolute Gasteiger partial charge is 0.123 e. The molecule has 0 heterocycles. The topological polar surface area (TPSA) is 9.23 Å². The summed E-state index contributed by atoms with van der Waals surface area (Å²) in [6.45, 7) is 0.853. The highest BCUT2D eigenvalue weighted by Crippen LogP contribution is 2.33. The molecule has 0 unspecified atom stereocenters. The molecule has 1 saturated carbocycles. The van der Waals surface area contributed by atoms with Crippen molar-refractivity contribution in [1.29, 1.82) is 0 Å². The summed E-state index contributed by atoms with van der Waals surface area (Å²) in [7, 11) is 0. The molecular formula is C12H14Br2O. The van der Waals surface area contributed by atoms with Gasteiger partial charge in [-0.2, -0.15) is 0 Å². The van der Waals surface area contributed by atoms with Crippen LogP contribution in [0.3, 0.4) is 0 Å². The van der Waals surface area contributed by atoms with Crippen molar-refractivity contribution in [2.24, 2.45) is 5.92 Å². The molecule has 0 bridgehead atoms. The van der Waals surface area contributed by atoms with Crippen LogP contribution in [0.25, 0.3) is 0 Å². The van der Waals surface area contributed by atoms with Crippen LogP contribution in [-0.4, -0.2) is 6.61 Å². The molecule has 0 N–H and O–H groups in total. The first kappa shape index (κ1) is 11.5. The maximum Gasteiger partial charge on any atom is 0.123 e. The number of alkyl halides is 1. The van der Waals surface area contributed by atoms with E-state index in [0.717, 1.165) is 28.1 Å². The third-order valence-electron chi connectivity index (χ3n) is 2.65. The predicted octanol–water partition coefficient (Wildman–Crippen LogP) is 4.52. The van der Waals surface area contributed by atoms with E-state index in [1.54, 1.807) is 0 Å². The molecule has 82 valence electrons. The average molecular weight is 334 g/mol. The largest absolute Gasteiger partial charge is 0.493 e. The second kappa shape index (κ2) is 5.35. The Balaban J connectivity index is 1.92. The molecule has 1 aliphatic carbocycles. The Hall–Kier alpha value is -0.0200. The van der Waals surface area contributed by atoms with Gasteiger partial charge >= 0.3 is 0 Å². The SMILES string of the molecule is BrCc1cc(Br)ccc1OCCC1CC1. The van der Waals surface area contributed by atoms with Gasteiger partial charge in [0.15, 0.2) is 0 Å². The van der Waals surface area contributed by atoms with E-state index >= 15 is 0 Å². The molecule has 0 aliphatic heterocycles. The van der Waals surface area contributed by atoms with E-state index in [4.69, 9.17) is 4.74 Å². The van der Waals surface area contributed by atoms with Crippen LogP contribution in [0.5, 0.6) is 5.75 Å². The fourth-order valence-corrected chi connectivity index (χ4v) is 2.38. The summed E-state index contributed by atoms with van der Waals surface area (Å²) in [5, 5.41) is 0.838. The van der Waals surface area contributed by atoms with Gasteiger partial charge in [-0.05, 0) is 30.5 Å².